The van der Waals surface area contributed by atoms with Gasteiger partial charge in [-0.1, -0.05) is 6.07 Å². The molecule has 0 N–H and O–H groups in total. The van der Waals surface area contributed by atoms with Crippen molar-refractivity contribution in [3.8, 4) is 5.75 Å². The van der Waals surface area contributed by atoms with Gasteiger partial charge in [0.2, 0.25) is 0 Å². The van der Waals surface area contributed by atoms with Gasteiger partial charge < -0.3 is 9.15 Å². The van der Waals surface area contributed by atoms with E-state index in [2.05, 4.69) is 14.1 Å². The van der Waals surface area contributed by atoms with Crippen molar-refractivity contribution < 1.29 is 31.1 Å². The van der Waals surface area contributed by atoms with Crippen LogP contribution in [-0.4, -0.2) is 11.3 Å². The lowest BCUT2D eigenvalue weighted by atomic mass is 10.3. The van der Waals surface area contributed by atoms with E-state index < -0.39 is 30.0 Å². The smallest absolute Gasteiger partial charge is 0.431 e. The van der Waals surface area contributed by atoms with Crippen molar-refractivity contribution >= 4 is 11.1 Å². The quantitative estimate of drug-likeness (QED) is 0.766. The molecule has 1 aromatic carbocycles. The third-order valence-corrected chi connectivity index (χ3v) is 1.81. The maximum atomic E-state index is 12.3. The summed E-state index contributed by atoms with van der Waals surface area (Å²) >= 11 is 0. The molecule has 1 heterocycles. The molecular weight excluding hydrogens is 249 g/mol. The number of halogens is 5. The zero-order valence-electron chi connectivity index (χ0n) is 7.96. The molecule has 92 valence electrons. The van der Waals surface area contributed by atoms with Gasteiger partial charge in [0.1, 0.15) is 5.52 Å². The van der Waals surface area contributed by atoms with Gasteiger partial charge in [-0.2, -0.15) is 8.78 Å². The Kier molecular flexibility index (Phi) is 2.64. The van der Waals surface area contributed by atoms with Crippen LogP contribution in [0.15, 0.2) is 22.6 Å². The SMILES string of the molecule is FC(F)c1nc2cccc(OC(F)(F)F)c2o1. The number of hydrogen-bond acceptors (Lipinski definition) is 3. The standard InChI is InChI=1S/C9H4F5NO2/c10-7(11)8-15-4-2-1-3-5(6(4)16-8)17-9(12,13)14/h1-3,7H. The molecule has 0 spiro atoms. The minimum Gasteiger partial charge on any atom is -0.431 e. The topological polar surface area (TPSA) is 35.3 Å². The highest BCUT2D eigenvalue weighted by Gasteiger charge is 2.33. The average molecular weight is 253 g/mol. The van der Waals surface area contributed by atoms with E-state index in [0.717, 1.165) is 6.07 Å². The molecule has 3 nitrogen and oxygen atoms in total. The molecule has 2 aromatic rings. The minimum atomic E-state index is -4.92. The molecule has 0 aliphatic heterocycles. The summed E-state index contributed by atoms with van der Waals surface area (Å²) in [6, 6.07) is 3.39. The average Bonchev–Trinajstić information content (AvgIpc) is 2.60. The summed E-state index contributed by atoms with van der Waals surface area (Å²) in [6.45, 7) is 0. The summed E-state index contributed by atoms with van der Waals surface area (Å²) in [5.74, 6) is -1.65. The van der Waals surface area contributed by atoms with E-state index in [0.29, 0.717) is 0 Å². The number of benzene rings is 1. The number of rotatable bonds is 2. The van der Waals surface area contributed by atoms with Crippen molar-refractivity contribution in [1.82, 2.24) is 4.98 Å². The lowest BCUT2D eigenvalue weighted by molar-refractivity contribution is -0.274. The van der Waals surface area contributed by atoms with Crippen molar-refractivity contribution in [3.63, 3.8) is 0 Å². The van der Waals surface area contributed by atoms with Crippen LogP contribution in [-0.2, 0) is 0 Å². The fourth-order valence-corrected chi connectivity index (χ4v) is 1.24. The van der Waals surface area contributed by atoms with Gasteiger partial charge in [0, 0.05) is 0 Å². The second kappa shape index (κ2) is 3.86. The number of alkyl halides is 5. The minimum absolute atomic E-state index is 0.123. The summed E-state index contributed by atoms with van der Waals surface area (Å²) in [4.78, 5) is 3.34. The Labute approximate surface area is 90.8 Å². The molecule has 0 saturated heterocycles. The number of nitrogens with zero attached hydrogens (tertiary/aromatic N) is 1. The summed E-state index contributed by atoms with van der Waals surface area (Å²) < 4.78 is 68.7. The van der Waals surface area contributed by atoms with E-state index in [1.165, 1.54) is 12.1 Å². The van der Waals surface area contributed by atoms with Crippen molar-refractivity contribution in [2.75, 3.05) is 0 Å². The molecule has 17 heavy (non-hydrogen) atoms. The number of aromatic nitrogens is 1. The Bertz CT molecular complexity index is 534. The Morgan fingerprint density at radius 1 is 1.24 bits per heavy atom. The van der Waals surface area contributed by atoms with E-state index in [-0.39, 0.29) is 5.52 Å². The number of fused-ring (bicyclic) bond motifs is 1. The monoisotopic (exact) mass is 253 g/mol. The fourth-order valence-electron chi connectivity index (χ4n) is 1.24. The Hall–Kier alpha value is -1.86. The summed E-state index contributed by atoms with van der Waals surface area (Å²) in [5, 5.41) is 0. The zero-order valence-corrected chi connectivity index (χ0v) is 7.96. The van der Waals surface area contributed by atoms with Crippen LogP contribution in [0.2, 0.25) is 0 Å². The van der Waals surface area contributed by atoms with E-state index in [4.69, 9.17) is 0 Å². The normalized spacial score (nSPS) is 12.4. The third-order valence-electron chi connectivity index (χ3n) is 1.81. The van der Waals surface area contributed by atoms with Crippen molar-refractivity contribution in [3.05, 3.63) is 24.1 Å². The lowest BCUT2D eigenvalue weighted by Gasteiger charge is -2.07. The summed E-state index contributed by atoms with van der Waals surface area (Å²) in [6.07, 6.45) is -7.92. The second-order valence-electron chi connectivity index (χ2n) is 3.01. The first kappa shape index (κ1) is 11.6. The maximum Gasteiger partial charge on any atom is 0.573 e. The summed E-state index contributed by atoms with van der Waals surface area (Å²) in [7, 11) is 0. The molecule has 0 amide bonds. The first-order valence-corrected chi connectivity index (χ1v) is 4.30. The molecular formula is C9H4F5NO2. The number of para-hydroxylation sites is 1. The van der Waals surface area contributed by atoms with E-state index >= 15 is 0 Å². The Balaban J connectivity index is 2.49. The van der Waals surface area contributed by atoms with Crippen LogP contribution in [0.1, 0.15) is 12.3 Å². The largest absolute Gasteiger partial charge is 0.573 e. The molecule has 0 radical (unpaired) electrons. The molecule has 0 unspecified atom stereocenters. The van der Waals surface area contributed by atoms with Crippen molar-refractivity contribution in [1.29, 1.82) is 0 Å². The summed E-state index contributed by atoms with van der Waals surface area (Å²) in [5.41, 5.74) is -0.581. The van der Waals surface area contributed by atoms with Crippen LogP contribution in [0.4, 0.5) is 22.0 Å². The maximum absolute atomic E-state index is 12.3. The van der Waals surface area contributed by atoms with Gasteiger partial charge in [-0.25, -0.2) is 4.98 Å². The van der Waals surface area contributed by atoms with E-state index in [1.807, 2.05) is 0 Å². The molecule has 8 heteroatoms. The van der Waals surface area contributed by atoms with Gasteiger partial charge >= 0.3 is 12.8 Å². The van der Waals surface area contributed by atoms with Crippen LogP contribution in [0.3, 0.4) is 0 Å². The molecule has 0 atom stereocenters. The van der Waals surface area contributed by atoms with Crippen LogP contribution in [0.5, 0.6) is 5.75 Å². The highest BCUT2D eigenvalue weighted by atomic mass is 19.4. The first-order chi connectivity index (χ1) is 7.87. The molecule has 0 aliphatic rings. The van der Waals surface area contributed by atoms with Gasteiger partial charge in [0.15, 0.2) is 11.3 Å². The van der Waals surface area contributed by atoms with Crippen LogP contribution >= 0.6 is 0 Å². The predicted molar refractivity (Wildman–Crippen MR) is 45.6 cm³/mol. The van der Waals surface area contributed by atoms with Crippen LogP contribution in [0.25, 0.3) is 11.1 Å². The van der Waals surface area contributed by atoms with E-state index in [9.17, 15) is 22.0 Å². The van der Waals surface area contributed by atoms with Crippen molar-refractivity contribution in [2.24, 2.45) is 0 Å². The third kappa shape index (κ3) is 2.45. The molecule has 0 aliphatic carbocycles. The van der Waals surface area contributed by atoms with Crippen LogP contribution < -0.4 is 4.74 Å². The van der Waals surface area contributed by atoms with Gasteiger partial charge in [-0.3, -0.25) is 0 Å². The van der Waals surface area contributed by atoms with Crippen LogP contribution in [0, 0.1) is 0 Å². The number of ether oxygens (including phenoxy) is 1. The molecule has 1 aromatic heterocycles. The van der Waals surface area contributed by atoms with Gasteiger partial charge in [0.25, 0.3) is 5.89 Å². The second-order valence-corrected chi connectivity index (χ2v) is 3.01. The van der Waals surface area contributed by atoms with E-state index in [1.54, 1.807) is 0 Å². The zero-order chi connectivity index (χ0) is 12.6. The fraction of sp³-hybridized carbons (Fsp3) is 0.222. The Morgan fingerprint density at radius 2 is 1.94 bits per heavy atom. The highest BCUT2D eigenvalue weighted by molar-refractivity contribution is 5.79. The van der Waals surface area contributed by atoms with Gasteiger partial charge in [-0.05, 0) is 12.1 Å². The molecule has 0 fully saturated rings. The first-order valence-electron chi connectivity index (χ1n) is 4.30. The molecule has 0 saturated carbocycles. The molecule has 0 bridgehead atoms. The molecule has 2 rings (SSSR count). The number of oxazole rings is 1. The van der Waals surface area contributed by atoms with Crippen molar-refractivity contribution in [2.45, 2.75) is 12.8 Å². The number of hydrogen-bond donors (Lipinski definition) is 0. The van der Waals surface area contributed by atoms with Gasteiger partial charge in [0.05, 0.1) is 0 Å². The Morgan fingerprint density at radius 3 is 2.53 bits per heavy atom. The van der Waals surface area contributed by atoms with Gasteiger partial charge in [-0.15, -0.1) is 13.2 Å². The lowest BCUT2D eigenvalue weighted by Crippen LogP contribution is -2.17. The highest BCUT2D eigenvalue weighted by Crippen LogP contribution is 2.33. The predicted octanol–water partition coefficient (Wildman–Crippen LogP) is 3.66.